The molecule has 0 radical (unpaired) electrons. The number of carbonyl (C=O) groups is 1. The van der Waals surface area contributed by atoms with Crippen molar-refractivity contribution >= 4 is 5.91 Å². The molecule has 0 saturated heterocycles. The lowest BCUT2D eigenvalue weighted by atomic mass is 10.0. The first kappa shape index (κ1) is 41.1. The second-order valence-corrected chi connectivity index (χ2v) is 13.0. The fraction of sp³-hybridized carbons (Fsp3) is 0.921. The Hall–Kier alpha value is -0.870. The van der Waals surface area contributed by atoms with Crippen molar-refractivity contribution in [2.45, 2.75) is 219 Å². The fourth-order valence-electron chi connectivity index (χ4n) is 5.82. The van der Waals surface area contributed by atoms with Crippen molar-refractivity contribution < 1.29 is 15.0 Å². The Kier molecular flexibility index (Phi) is 33.9. The molecule has 2 atom stereocenters. The van der Waals surface area contributed by atoms with Crippen molar-refractivity contribution in [3.63, 3.8) is 0 Å². The summed E-state index contributed by atoms with van der Waals surface area (Å²) in [6.45, 7) is 4.28. The molecule has 250 valence electrons. The molecule has 0 fully saturated rings. The van der Waals surface area contributed by atoms with E-state index >= 15 is 0 Å². The monoisotopic (exact) mass is 594 g/mol. The Morgan fingerprint density at radius 1 is 0.548 bits per heavy atom. The molecule has 42 heavy (non-hydrogen) atoms. The number of hydrogen-bond acceptors (Lipinski definition) is 3. The van der Waals surface area contributed by atoms with E-state index in [2.05, 4.69) is 31.3 Å². The predicted molar refractivity (Wildman–Crippen MR) is 184 cm³/mol. The first-order valence-electron chi connectivity index (χ1n) is 18.9. The Labute approximate surface area is 263 Å². The SMILES string of the molecule is CCCCCCCCCC/C=C\CCCCCCCCCCCCCCCC(=O)NC(CO)C(O)CCCCCCC. The van der Waals surface area contributed by atoms with Gasteiger partial charge in [0.05, 0.1) is 18.8 Å². The van der Waals surface area contributed by atoms with E-state index in [-0.39, 0.29) is 12.5 Å². The maximum atomic E-state index is 12.2. The number of rotatable bonds is 34. The molecule has 0 heterocycles. The summed E-state index contributed by atoms with van der Waals surface area (Å²) in [6, 6.07) is -0.528. The minimum atomic E-state index is -0.651. The summed E-state index contributed by atoms with van der Waals surface area (Å²) >= 11 is 0. The number of hydrogen-bond donors (Lipinski definition) is 3. The molecular formula is C38H75NO3. The van der Waals surface area contributed by atoms with Gasteiger partial charge in [0, 0.05) is 6.42 Å². The van der Waals surface area contributed by atoms with Gasteiger partial charge in [-0.25, -0.2) is 0 Å². The van der Waals surface area contributed by atoms with Gasteiger partial charge in [0.2, 0.25) is 5.91 Å². The van der Waals surface area contributed by atoms with Gasteiger partial charge in [0.25, 0.3) is 0 Å². The van der Waals surface area contributed by atoms with Crippen LogP contribution in [0.1, 0.15) is 206 Å². The lowest BCUT2D eigenvalue weighted by Crippen LogP contribution is -2.45. The molecule has 0 aliphatic carbocycles. The molecule has 0 bridgehead atoms. The first-order chi connectivity index (χ1) is 20.7. The number of carbonyl (C=O) groups excluding carboxylic acids is 1. The van der Waals surface area contributed by atoms with Gasteiger partial charge in [-0.2, -0.15) is 0 Å². The minimum Gasteiger partial charge on any atom is -0.394 e. The van der Waals surface area contributed by atoms with Crippen LogP contribution < -0.4 is 5.32 Å². The molecule has 3 N–H and O–H groups in total. The number of aliphatic hydroxyl groups is 2. The van der Waals surface area contributed by atoms with E-state index in [9.17, 15) is 15.0 Å². The van der Waals surface area contributed by atoms with Gasteiger partial charge < -0.3 is 15.5 Å². The molecule has 0 aromatic heterocycles. The summed E-state index contributed by atoms with van der Waals surface area (Å²) < 4.78 is 0. The summed E-state index contributed by atoms with van der Waals surface area (Å²) in [5, 5.41) is 22.7. The average molecular weight is 594 g/mol. The van der Waals surface area contributed by atoms with E-state index in [0.29, 0.717) is 12.8 Å². The largest absolute Gasteiger partial charge is 0.394 e. The molecule has 0 rings (SSSR count). The van der Waals surface area contributed by atoms with E-state index in [0.717, 1.165) is 25.7 Å². The number of unbranched alkanes of at least 4 members (excludes halogenated alkanes) is 25. The number of aliphatic hydroxyl groups excluding tert-OH is 2. The lowest BCUT2D eigenvalue weighted by Gasteiger charge is -2.22. The van der Waals surface area contributed by atoms with Gasteiger partial charge >= 0.3 is 0 Å². The zero-order valence-corrected chi connectivity index (χ0v) is 28.5. The average Bonchev–Trinajstić information content (AvgIpc) is 2.99. The third-order valence-electron chi connectivity index (χ3n) is 8.78. The predicted octanol–water partition coefficient (Wildman–Crippen LogP) is 11.1. The quantitative estimate of drug-likeness (QED) is 0.0513. The van der Waals surface area contributed by atoms with Crippen LogP contribution in [0.5, 0.6) is 0 Å². The van der Waals surface area contributed by atoms with Gasteiger partial charge in [-0.3, -0.25) is 4.79 Å². The Balaban J connectivity index is 3.38. The van der Waals surface area contributed by atoms with Gasteiger partial charge in [-0.05, 0) is 38.5 Å². The molecule has 0 aromatic carbocycles. The van der Waals surface area contributed by atoms with Gasteiger partial charge in [-0.15, -0.1) is 0 Å². The summed E-state index contributed by atoms with van der Waals surface area (Å²) in [5.74, 6) is -0.0374. The second-order valence-electron chi connectivity index (χ2n) is 13.0. The molecule has 4 nitrogen and oxygen atoms in total. The third kappa shape index (κ3) is 30.6. The maximum Gasteiger partial charge on any atom is 0.220 e. The van der Waals surface area contributed by atoms with E-state index in [1.54, 1.807) is 0 Å². The molecular weight excluding hydrogens is 518 g/mol. The van der Waals surface area contributed by atoms with Crippen LogP contribution in [0.25, 0.3) is 0 Å². The van der Waals surface area contributed by atoms with Gasteiger partial charge in [0.15, 0.2) is 0 Å². The standard InChI is InChI=1S/C38H75NO3/c1-3-5-7-9-10-11-12-13-14-15-16-17-18-19-20-21-22-23-24-25-26-27-28-30-32-34-38(42)39-36(35-40)37(41)33-31-29-8-6-4-2/h15-16,36-37,40-41H,3-14,17-35H2,1-2H3,(H,39,42)/b16-15-. The van der Waals surface area contributed by atoms with Crippen LogP contribution in [0.2, 0.25) is 0 Å². The highest BCUT2D eigenvalue weighted by Crippen LogP contribution is 2.15. The summed E-state index contributed by atoms with van der Waals surface area (Å²) in [6.07, 6.45) is 41.7. The van der Waals surface area contributed by atoms with E-state index in [4.69, 9.17) is 0 Å². The molecule has 0 saturated carbocycles. The smallest absolute Gasteiger partial charge is 0.220 e. The van der Waals surface area contributed by atoms with Crippen LogP contribution in [0.15, 0.2) is 12.2 Å². The van der Waals surface area contributed by atoms with Crippen LogP contribution in [-0.4, -0.2) is 34.9 Å². The molecule has 0 spiro atoms. The maximum absolute atomic E-state index is 12.2. The van der Waals surface area contributed by atoms with Crippen molar-refractivity contribution in [3.05, 3.63) is 12.2 Å². The van der Waals surface area contributed by atoms with Crippen LogP contribution in [0, 0.1) is 0 Å². The molecule has 0 aliphatic rings. The molecule has 2 unspecified atom stereocenters. The number of nitrogens with one attached hydrogen (secondary N) is 1. The molecule has 0 aliphatic heterocycles. The highest BCUT2D eigenvalue weighted by Gasteiger charge is 2.19. The Bertz CT molecular complexity index is 565. The van der Waals surface area contributed by atoms with Crippen molar-refractivity contribution in [1.82, 2.24) is 5.32 Å². The summed E-state index contributed by atoms with van der Waals surface area (Å²) in [7, 11) is 0. The highest BCUT2D eigenvalue weighted by molar-refractivity contribution is 5.76. The third-order valence-corrected chi connectivity index (χ3v) is 8.78. The van der Waals surface area contributed by atoms with Gasteiger partial charge in [0.1, 0.15) is 0 Å². The fourth-order valence-corrected chi connectivity index (χ4v) is 5.82. The summed E-state index contributed by atoms with van der Waals surface area (Å²) in [5.41, 5.74) is 0. The summed E-state index contributed by atoms with van der Waals surface area (Å²) in [4.78, 5) is 12.2. The van der Waals surface area contributed by atoms with Crippen molar-refractivity contribution in [3.8, 4) is 0 Å². The van der Waals surface area contributed by atoms with Crippen molar-refractivity contribution in [2.24, 2.45) is 0 Å². The number of allylic oxidation sites excluding steroid dienone is 2. The van der Waals surface area contributed by atoms with Gasteiger partial charge in [-0.1, -0.05) is 174 Å². The molecule has 0 aromatic rings. The number of amides is 1. The topological polar surface area (TPSA) is 69.6 Å². The van der Waals surface area contributed by atoms with E-state index in [1.807, 2.05) is 0 Å². The van der Waals surface area contributed by atoms with Crippen LogP contribution in [-0.2, 0) is 4.79 Å². The van der Waals surface area contributed by atoms with E-state index in [1.165, 1.54) is 154 Å². The Morgan fingerprint density at radius 2 is 0.905 bits per heavy atom. The normalized spacial score (nSPS) is 13.1. The lowest BCUT2D eigenvalue weighted by molar-refractivity contribution is -0.123. The first-order valence-corrected chi connectivity index (χ1v) is 18.9. The second kappa shape index (κ2) is 34.6. The zero-order valence-electron chi connectivity index (χ0n) is 28.5. The molecule has 1 amide bonds. The molecule has 4 heteroatoms. The zero-order chi connectivity index (χ0) is 30.8. The highest BCUT2D eigenvalue weighted by atomic mass is 16.3. The van der Waals surface area contributed by atoms with Crippen LogP contribution in [0.4, 0.5) is 0 Å². The van der Waals surface area contributed by atoms with E-state index < -0.39 is 12.1 Å². The minimum absolute atomic E-state index is 0.0374. The van der Waals surface area contributed by atoms with Crippen molar-refractivity contribution in [2.75, 3.05) is 6.61 Å². The van der Waals surface area contributed by atoms with Crippen LogP contribution >= 0.6 is 0 Å². The van der Waals surface area contributed by atoms with Crippen molar-refractivity contribution in [1.29, 1.82) is 0 Å². The van der Waals surface area contributed by atoms with Crippen LogP contribution in [0.3, 0.4) is 0 Å². The Morgan fingerprint density at radius 3 is 1.31 bits per heavy atom.